The molecule has 1 unspecified atom stereocenters. The van der Waals surface area contributed by atoms with Crippen molar-refractivity contribution in [2.75, 3.05) is 6.54 Å². The molecule has 4 nitrogen and oxygen atoms in total. The fraction of sp³-hybridized carbons (Fsp3) is 0.538. The van der Waals surface area contributed by atoms with E-state index in [-0.39, 0.29) is 0 Å². The maximum atomic E-state index is 4.32. The Labute approximate surface area is 112 Å². The van der Waals surface area contributed by atoms with Crippen LogP contribution in [0.4, 0.5) is 0 Å². The van der Waals surface area contributed by atoms with E-state index in [0.717, 1.165) is 25.2 Å². The van der Waals surface area contributed by atoms with E-state index in [2.05, 4.69) is 40.7 Å². The molecule has 0 saturated heterocycles. The monoisotopic (exact) mass is 264 g/mol. The molecule has 0 aliphatic rings. The Kier molecular flexibility index (Phi) is 4.49. The molecule has 0 radical (unpaired) electrons. The maximum Gasteiger partial charge on any atom is 0.138 e. The molecule has 0 aliphatic heterocycles. The number of aryl methyl sites for hydroxylation is 2. The van der Waals surface area contributed by atoms with Crippen LogP contribution in [0.15, 0.2) is 17.8 Å². The first-order valence-electron chi connectivity index (χ1n) is 6.32. The third-order valence-corrected chi connectivity index (χ3v) is 4.18. The Bertz CT molecular complexity index is 489. The lowest BCUT2D eigenvalue weighted by atomic mass is 10.1. The molecule has 0 aliphatic carbocycles. The number of hydrogen-bond acceptors (Lipinski definition) is 4. The second-order valence-corrected chi connectivity index (χ2v) is 5.43. The lowest BCUT2D eigenvalue weighted by molar-refractivity contribution is 0.511. The quantitative estimate of drug-likeness (QED) is 0.871. The van der Waals surface area contributed by atoms with Crippen molar-refractivity contribution in [3.8, 4) is 0 Å². The first kappa shape index (κ1) is 13.2. The molecule has 0 aromatic carbocycles. The Morgan fingerprint density at radius 2 is 2.33 bits per heavy atom. The maximum absolute atomic E-state index is 4.32. The Hall–Kier alpha value is -1.20. The number of nitrogens with one attached hydrogen (secondary N) is 1. The number of thiophene rings is 1. The highest BCUT2D eigenvalue weighted by molar-refractivity contribution is 7.10. The minimum atomic E-state index is 0.341. The van der Waals surface area contributed by atoms with Crippen LogP contribution in [0.5, 0.6) is 0 Å². The van der Waals surface area contributed by atoms with Crippen molar-refractivity contribution < 1.29 is 0 Å². The molecule has 0 fully saturated rings. The fourth-order valence-electron chi connectivity index (χ4n) is 2.01. The number of hydrogen-bond donors (Lipinski definition) is 1. The third kappa shape index (κ3) is 2.97. The van der Waals surface area contributed by atoms with E-state index in [9.17, 15) is 0 Å². The number of nitrogens with zero attached hydrogens (tertiary/aromatic N) is 3. The summed E-state index contributed by atoms with van der Waals surface area (Å²) in [5, 5.41) is 9.90. The summed E-state index contributed by atoms with van der Waals surface area (Å²) in [7, 11) is 1.94. The van der Waals surface area contributed by atoms with Crippen LogP contribution >= 0.6 is 11.3 Å². The molecular formula is C13H20N4S. The van der Waals surface area contributed by atoms with Gasteiger partial charge in [0.25, 0.3) is 0 Å². The van der Waals surface area contributed by atoms with E-state index in [1.54, 1.807) is 6.33 Å². The van der Waals surface area contributed by atoms with E-state index in [1.165, 1.54) is 10.4 Å². The minimum absolute atomic E-state index is 0.341. The summed E-state index contributed by atoms with van der Waals surface area (Å²) < 4.78 is 1.85. The largest absolute Gasteiger partial charge is 0.309 e. The molecule has 5 heteroatoms. The molecule has 0 bridgehead atoms. The number of aromatic nitrogens is 3. The Morgan fingerprint density at radius 3 is 2.89 bits per heavy atom. The molecule has 2 rings (SSSR count). The normalized spacial score (nSPS) is 12.8. The fourth-order valence-corrected chi connectivity index (χ4v) is 3.01. The summed E-state index contributed by atoms with van der Waals surface area (Å²) >= 11 is 1.82. The van der Waals surface area contributed by atoms with Gasteiger partial charge in [0, 0.05) is 24.4 Å². The van der Waals surface area contributed by atoms with Crippen molar-refractivity contribution in [1.82, 2.24) is 20.1 Å². The SMILES string of the molecule is CCCNC(Cc1ncnn1C)c1sccc1C. The highest BCUT2D eigenvalue weighted by Crippen LogP contribution is 2.26. The van der Waals surface area contributed by atoms with Crippen molar-refractivity contribution in [3.05, 3.63) is 34.0 Å². The molecule has 2 aromatic heterocycles. The van der Waals surface area contributed by atoms with Crippen LogP contribution in [-0.2, 0) is 13.5 Å². The average molecular weight is 264 g/mol. The summed E-state index contributed by atoms with van der Waals surface area (Å²) in [6.07, 6.45) is 3.64. The van der Waals surface area contributed by atoms with Crippen LogP contribution in [0.1, 0.15) is 35.7 Å². The van der Waals surface area contributed by atoms with E-state index >= 15 is 0 Å². The van der Waals surface area contributed by atoms with Gasteiger partial charge in [-0.05, 0) is 36.9 Å². The standard InChI is InChI=1S/C13H20N4S/c1-4-6-14-11(13-10(2)5-7-18-13)8-12-15-9-16-17(12)3/h5,7,9,11,14H,4,6,8H2,1-3H3. The smallest absolute Gasteiger partial charge is 0.138 e. The lowest BCUT2D eigenvalue weighted by Crippen LogP contribution is -2.25. The zero-order valence-corrected chi connectivity index (χ0v) is 12.0. The van der Waals surface area contributed by atoms with Crippen LogP contribution in [0.25, 0.3) is 0 Å². The van der Waals surface area contributed by atoms with Gasteiger partial charge in [-0.3, -0.25) is 4.68 Å². The zero-order chi connectivity index (χ0) is 13.0. The van der Waals surface area contributed by atoms with Crippen molar-refractivity contribution in [2.45, 2.75) is 32.7 Å². The van der Waals surface area contributed by atoms with Crippen molar-refractivity contribution in [3.63, 3.8) is 0 Å². The lowest BCUT2D eigenvalue weighted by Gasteiger charge is -2.17. The summed E-state index contributed by atoms with van der Waals surface area (Å²) in [6.45, 7) is 5.39. The van der Waals surface area contributed by atoms with Gasteiger partial charge in [0.05, 0.1) is 0 Å². The first-order chi connectivity index (χ1) is 8.72. The third-order valence-electron chi connectivity index (χ3n) is 3.05. The van der Waals surface area contributed by atoms with Crippen molar-refractivity contribution in [1.29, 1.82) is 0 Å². The second kappa shape index (κ2) is 6.11. The van der Waals surface area contributed by atoms with Gasteiger partial charge in [-0.15, -0.1) is 11.3 Å². The Balaban J connectivity index is 2.15. The molecule has 1 atom stereocenters. The summed E-state index contributed by atoms with van der Waals surface area (Å²) in [6, 6.07) is 2.52. The van der Waals surface area contributed by atoms with Gasteiger partial charge >= 0.3 is 0 Å². The van der Waals surface area contributed by atoms with Crippen LogP contribution in [0, 0.1) is 6.92 Å². The van der Waals surface area contributed by atoms with E-state index in [1.807, 2.05) is 23.1 Å². The average Bonchev–Trinajstić information content (AvgIpc) is 2.94. The minimum Gasteiger partial charge on any atom is -0.309 e. The predicted molar refractivity (Wildman–Crippen MR) is 74.8 cm³/mol. The molecule has 0 saturated carbocycles. The molecule has 2 heterocycles. The van der Waals surface area contributed by atoms with Crippen LogP contribution in [0.2, 0.25) is 0 Å². The van der Waals surface area contributed by atoms with Gasteiger partial charge < -0.3 is 5.32 Å². The van der Waals surface area contributed by atoms with E-state index in [0.29, 0.717) is 6.04 Å². The topological polar surface area (TPSA) is 42.7 Å². The summed E-state index contributed by atoms with van der Waals surface area (Å²) in [4.78, 5) is 5.73. The van der Waals surface area contributed by atoms with Crippen molar-refractivity contribution >= 4 is 11.3 Å². The van der Waals surface area contributed by atoms with Gasteiger partial charge in [0.1, 0.15) is 12.2 Å². The zero-order valence-electron chi connectivity index (χ0n) is 11.2. The highest BCUT2D eigenvalue weighted by Gasteiger charge is 2.17. The molecule has 2 aromatic rings. The molecule has 1 N–H and O–H groups in total. The van der Waals surface area contributed by atoms with Gasteiger partial charge in [0.15, 0.2) is 0 Å². The highest BCUT2D eigenvalue weighted by atomic mass is 32.1. The molecule has 0 amide bonds. The molecule has 98 valence electrons. The predicted octanol–water partition coefficient (Wildman–Crippen LogP) is 2.47. The van der Waals surface area contributed by atoms with Crippen LogP contribution in [0.3, 0.4) is 0 Å². The molecule has 18 heavy (non-hydrogen) atoms. The Morgan fingerprint density at radius 1 is 1.50 bits per heavy atom. The second-order valence-electron chi connectivity index (χ2n) is 4.48. The molecular weight excluding hydrogens is 244 g/mol. The number of rotatable bonds is 6. The summed E-state index contributed by atoms with van der Waals surface area (Å²) in [5.41, 5.74) is 1.36. The summed E-state index contributed by atoms with van der Waals surface area (Å²) in [5.74, 6) is 1.02. The van der Waals surface area contributed by atoms with Gasteiger partial charge in [-0.2, -0.15) is 5.10 Å². The van der Waals surface area contributed by atoms with Crippen LogP contribution in [-0.4, -0.2) is 21.3 Å². The van der Waals surface area contributed by atoms with Gasteiger partial charge in [-0.25, -0.2) is 4.98 Å². The van der Waals surface area contributed by atoms with E-state index < -0.39 is 0 Å². The molecule has 0 spiro atoms. The van der Waals surface area contributed by atoms with Gasteiger partial charge in [-0.1, -0.05) is 6.92 Å². The first-order valence-corrected chi connectivity index (χ1v) is 7.20. The van der Waals surface area contributed by atoms with Crippen LogP contribution < -0.4 is 5.32 Å². The van der Waals surface area contributed by atoms with E-state index in [4.69, 9.17) is 0 Å². The van der Waals surface area contributed by atoms with Crippen molar-refractivity contribution in [2.24, 2.45) is 7.05 Å². The van der Waals surface area contributed by atoms with Gasteiger partial charge in [0.2, 0.25) is 0 Å².